The summed E-state index contributed by atoms with van der Waals surface area (Å²) in [6.07, 6.45) is -0.0636. The van der Waals surface area contributed by atoms with Crippen molar-refractivity contribution in [2.45, 2.75) is 128 Å². The highest BCUT2D eigenvalue weighted by molar-refractivity contribution is 7.80. The Morgan fingerprint density at radius 1 is 0.768 bits per heavy atom. The van der Waals surface area contributed by atoms with Gasteiger partial charge in [0, 0.05) is 58.3 Å². The first kappa shape index (κ1) is 43.1. The number of likely N-dealkylation sites (tertiary alicyclic amines) is 1. The largest absolute Gasteiger partial charge is 0.463 e. The molecule has 2 aromatic carbocycles. The molecule has 2 N–H and O–H groups in total. The molecule has 3 heterocycles. The lowest BCUT2D eigenvalue weighted by molar-refractivity contribution is -0.253. The summed E-state index contributed by atoms with van der Waals surface area (Å²) in [5.74, 6) is -2.71. The van der Waals surface area contributed by atoms with Gasteiger partial charge in [-0.2, -0.15) is 0 Å². The highest BCUT2D eigenvalue weighted by atomic mass is 32.1. The second-order valence-corrected chi connectivity index (χ2v) is 15.0. The van der Waals surface area contributed by atoms with E-state index in [2.05, 4.69) is 10.2 Å². The summed E-state index contributed by atoms with van der Waals surface area (Å²) < 4.78 is 41.4. The lowest BCUT2D eigenvalue weighted by Gasteiger charge is -2.44. The molecular weight excluding hydrogens is 745 g/mol. The van der Waals surface area contributed by atoms with E-state index < -0.39 is 60.7 Å². The molecule has 0 aromatic heterocycles. The van der Waals surface area contributed by atoms with E-state index in [0.717, 1.165) is 36.3 Å². The maximum absolute atomic E-state index is 12.3. The molecule has 0 saturated carbocycles. The molecule has 306 valence electrons. The number of benzene rings is 2. The lowest BCUT2D eigenvalue weighted by atomic mass is 9.92. The van der Waals surface area contributed by atoms with Gasteiger partial charge in [0.15, 0.2) is 24.6 Å². The van der Waals surface area contributed by atoms with E-state index in [4.69, 9.17) is 45.4 Å². The molecule has 0 spiro atoms. The summed E-state index contributed by atoms with van der Waals surface area (Å²) in [5.41, 5.74) is 3.25. The number of nitrogens with zero attached hydrogens (tertiary/aromatic N) is 1. The highest BCUT2D eigenvalue weighted by Gasteiger charge is 2.52. The van der Waals surface area contributed by atoms with Crippen LogP contribution in [0.3, 0.4) is 0 Å². The number of ether oxygens (including phenoxy) is 7. The zero-order chi connectivity index (χ0) is 40.2. The SMILES string of the molecule is CC(=O)OC[C@H]1O[C@@H](CC(=S)Nc2cccc(C3O[C@H](CN4CCCCCCC4)C[C@H](c4ccc(CO)cc4)O3)c2)[C@H](OC(C)=O)[C@@H](OC(C)=O)[C@@H]1OC(C)=O. The number of anilines is 1. The molecule has 2 aromatic rings. The van der Waals surface area contributed by atoms with Gasteiger partial charge in [-0.1, -0.05) is 67.9 Å². The second-order valence-electron chi connectivity index (χ2n) is 14.5. The van der Waals surface area contributed by atoms with E-state index in [1.54, 1.807) is 0 Å². The van der Waals surface area contributed by atoms with E-state index in [9.17, 15) is 24.3 Å². The van der Waals surface area contributed by atoms with Crippen LogP contribution in [0.2, 0.25) is 0 Å². The van der Waals surface area contributed by atoms with Gasteiger partial charge >= 0.3 is 23.9 Å². The molecule has 14 nitrogen and oxygen atoms in total. The average Bonchev–Trinajstić information content (AvgIpc) is 3.13. The number of aliphatic hydroxyl groups is 1. The Morgan fingerprint density at radius 3 is 2.02 bits per heavy atom. The number of nitrogens with one attached hydrogen (secondary N) is 1. The number of rotatable bonds is 13. The van der Waals surface area contributed by atoms with Crippen LogP contribution in [0.15, 0.2) is 48.5 Å². The summed E-state index contributed by atoms with van der Waals surface area (Å²) in [4.78, 5) is 51.2. The summed E-state index contributed by atoms with van der Waals surface area (Å²) >= 11 is 5.79. The van der Waals surface area contributed by atoms with Crippen LogP contribution in [-0.2, 0) is 58.9 Å². The summed E-state index contributed by atoms with van der Waals surface area (Å²) in [5, 5.41) is 12.9. The van der Waals surface area contributed by atoms with E-state index in [1.165, 1.54) is 59.8 Å². The van der Waals surface area contributed by atoms with Gasteiger partial charge in [-0.25, -0.2) is 0 Å². The first-order valence-electron chi connectivity index (χ1n) is 19.3. The predicted octanol–water partition coefficient (Wildman–Crippen LogP) is 5.25. The standard InChI is InChI=1S/C41H54N2O12S/c1-25(45)49-24-36-39(51-27(3)47)40(52-28(4)48)38(50-26(2)46)35(54-36)21-37(56)42-32-12-10-11-31(19-32)41-53-33(22-43-17-8-6-5-7-9-18-43)20-34(55-41)30-15-13-29(23-44)14-16-30/h10-16,19,33-36,38-41,44H,5-9,17-18,20-24H2,1-4H3,(H,42,56)/t33-,34+,35-,36+,38-,39+,40+,41?/m0/s1. The Labute approximate surface area is 333 Å². The number of thiocarbonyl (C=S) groups is 1. The molecular formula is C41H54N2O12S. The Bertz CT molecular complexity index is 1650. The van der Waals surface area contributed by atoms with Crippen molar-refractivity contribution in [3.8, 4) is 0 Å². The van der Waals surface area contributed by atoms with Crippen molar-refractivity contribution in [1.82, 2.24) is 4.90 Å². The van der Waals surface area contributed by atoms with E-state index >= 15 is 0 Å². The summed E-state index contributed by atoms with van der Waals surface area (Å²) in [6, 6.07) is 15.4. The van der Waals surface area contributed by atoms with Gasteiger partial charge < -0.3 is 48.5 Å². The number of aliphatic hydroxyl groups excluding tert-OH is 1. The molecule has 56 heavy (non-hydrogen) atoms. The molecule has 15 heteroatoms. The maximum atomic E-state index is 12.3. The molecule has 0 radical (unpaired) electrons. The quantitative estimate of drug-likeness (QED) is 0.153. The van der Waals surface area contributed by atoms with Gasteiger partial charge in [0.1, 0.15) is 18.8 Å². The molecule has 3 fully saturated rings. The number of esters is 4. The third kappa shape index (κ3) is 12.8. The van der Waals surface area contributed by atoms with E-state index in [-0.39, 0.29) is 31.8 Å². The fourth-order valence-corrected chi connectivity index (χ4v) is 7.74. The molecule has 1 unspecified atom stereocenters. The van der Waals surface area contributed by atoms with Crippen LogP contribution in [0.5, 0.6) is 0 Å². The van der Waals surface area contributed by atoms with Crippen molar-refractivity contribution in [1.29, 1.82) is 0 Å². The third-order valence-electron chi connectivity index (χ3n) is 9.94. The lowest BCUT2D eigenvalue weighted by Crippen LogP contribution is -2.62. The Morgan fingerprint density at radius 2 is 1.39 bits per heavy atom. The molecule has 0 aliphatic carbocycles. The maximum Gasteiger partial charge on any atom is 0.303 e. The minimum Gasteiger partial charge on any atom is -0.463 e. The van der Waals surface area contributed by atoms with Crippen molar-refractivity contribution in [3.05, 3.63) is 65.2 Å². The van der Waals surface area contributed by atoms with Gasteiger partial charge in [-0.15, -0.1) is 0 Å². The molecule has 3 aliphatic rings. The van der Waals surface area contributed by atoms with Crippen molar-refractivity contribution < 1.29 is 57.4 Å². The number of hydrogen-bond acceptors (Lipinski definition) is 14. The van der Waals surface area contributed by atoms with Crippen LogP contribution < -0.4 is 5.32 Å². The van der Waals surface area contributed by atoms with Crippen LogP contribution in [0.1, 0.15) is 102 Å². The zero-order valence-corrected chi connectivity index (χ0v) is 33.3. The molecule has 3 aliphatic heterocycles. The fourth-order valence-electron chi connectivity index (χ4n) is 7.46. The topological polar surface area (TPSA) is 168 Å². The van der Waals surface area contributed by atoms with Crippen molar-refractivity contribution in [2.75, 3.05) is 31.6 Å². The number of hydrogen-bond donors (Lipinski definition) is 2. The zero-order valence-electron chi connectivity index (χ0n) is 32.5. The summed E-state index contributed by atoms with van der Waals surface area (Å²) in [7, 11) is 0. The Hall–Kier alpha value is -3.99. The van der Waals surface area contributed by atoms with Crippen LogP contribution in [0, 0.1) is 0 Å². The Balaban J connectivity index is 1.35. The van der Waals surface area contributed by atoms with Crippen LogP contribution in [0.25, 0.3) is 0 Å². The number of carbonyl (C=O) groups is 4. The van der Waals surface area contributed by atoms with Crippen molar-refractivity contribution >= 4 is 46.8 Å². The highest BCUT2D eigenvalue weighted by Crippen LogP contribution is 2.39. The van der Waals surface area contributed by atoms with Crippen molar-refractivity contribution in [2.24, 2.45) is 0 Å². The molecule has 5 rings (SSSR count). The van der Waals surface area contributed by atoms with Gasteiger partial charge in [0.2, 0.25) is 0 Å². The van der Waals surface area contributed by atoms with Crippen molar-refractivity contribution in [3.63, 3.8) is 0 Å². The average molecular weight is 799 g/mol. The van der Waals surface area contributed by atoms with E-state index in [0.29, 0.717) is 17.1 Å². The predicted molar refractivity (Wildman–Crippen MR) is 207 cm³/mol. The second kappa shape index (κ2) is 21.0. The van der Waals surface area contributed by atoms with Gasteiger partial charge in [0.25, 0.3) is 0 Å². The first-order chi connectivity index (χ1) is 26.9. The van der Waals surface area contributed by atoms with Gasteiger partial charge in [-0.05, 0) is 49.2 Å². The van der Waals surface area contributed by atoms with E-state index in [1.807, 2.05) is 48.5 Å². The smallest absolute Gasteiger partial charge is 0.303 e. The van der Waals surface area contributed by atoms with Crippen LogP contribution in [0.4, 0.5) is 5.69 Å². The number of carbonyl (C=O) groups excluding carboxylic acids is 4. The van der Waals surface area contributed by atoms with Crippen LogP contribution >= 0.6 is 12.2 Å². The van der Waals surface area contributed by atoms with Gasteiger partial charge in [-0.3, -0.25) is 19.2 Å². The molecule has 0 bridgehead atoms. The minimum absolute atomic E-state index is 0.0150. The minimum atomic E-state index is -1.29. The first-order valence-corrected chi connectivity index (χ1v) is 19.7. The molecule has 0 amide bonds. The fraction of sp³-hybridized carbons (Fsp3) is 0.585. The third-order valence-corrected chi connectivity index (χ3v) is 10.2. The Kier molecular flexibility index (Phi) is 16.1. The summed E-state index contributed by atoms with van der Waals surface area (Å²) in [6.45, 7) is 7.26. The molecule has 8 atom stereocenters. The molecule has 3 saturated heterocycles. The normalized spacial score (nSPS) is 27.2. The monoisotopic (exact) mass is 798 g/mol. The van der Waals surface area contributed by atoms with Crippen LogP contribution in [-0.4, -0.2) is 102 Å². The van der Waals surface area contributed by atoms with Gasteiger partial charge in [0.05, 0.1) is 23.8 Å².